The minimum absolute atomic E-state index is 0.00808. The molecule has 0 spiro atoms. The Hall–Kier alpha value is -0.800. The van der Waals surface area contributed by atoms with Gasteiger partial charge in [0.1, 0.15) is 5.60 Å². The second kappa shape index (κ2) is 4.81. The summed E-state index contributed by atoms with van der Waals surface area (Å²) in [6.45, 7) is 6.33. The molecule has 1 rings (SSSR count). The topological polar surface area (TPSA) is 29.5 Å². The number of carbonyl (C=O) groups excluding carboxylic acids is 1. The van der Waals surface area contributed by atoms with Crippen LogP contribution in [-0.2, 0) is 4.74 Å². The van der Waals surface area contributed by atoms with Crippen LogP contribution in [0.4, 0.5) is 9.18 Å². The third-order valence-electron chi connectivity index (χ3n) is 2.39. The fraction of sp³-hybridized carbons (Fsp3) is 0.909. The number of ether oxygens (including phenoxy) is 1. The van der Waals surface area contributed by atoms with Crippen molar-refractivity contribution in [1.29, 1.82) is 0 Å². The molecule has 1 atom stereocenters. The third-order valence-corrected chi connectivity index (χ3v) is 2.39. The maximum Gasteiger partial charge on any atom is 0.410 e. The molecule has 0 aromatic rings. The highest BCUT2D eigenvalue weighted by Gasteiger charge is 2.27. The van der Waals surface area contributed by atoms with Crippen molar-refractivity contribution in [3.8, 4) is 0 Å². The number of hydrogen-bond donors (Lipinski definition) is 0. The van der Waals surface area contributed by atoms with Crippen LogP contribution in [0.2, 0.25) is 0 Å². The fourth-order valence-electron chi connectivity index (χ4n) is 1.68. The first kappa shape index (κ1) is 12.3. The second-order valence-electron chi connectivity index (χ2n) is 5.09. The summed E-state index contributed by atoms with van der Waals surface area (Å²) in [7, 11) is 0. The van der Waals surface area contributed by atoms with Crippen molar-refractivity contribution >= 4 is 6.09 Å². The minimum atomic E-state index is -0.472. The van der Waals surface area contributed by atoms with E-state index in [1.807, 2.05) is 20.8 Å². The highest BCUT2D eigenvalue weighted by molar-refractivity contribution is 5.68. The molecule has 15 heavy (non-hydrogen) atoms. The number of likely N-dealkylation sites (tertiary alicyclic amines) is 1. The van der Waals surface area contributed by atoms with Crippen molar-refractivity contribution in [1.82, 2.24) is 4.90 Å². The van der Waals surface area contributed by atoms with Crippen molar-refractivity contribution in [2.75, 3.05) is 19.8 Å². The molecule has 0 bridgehead atoms. The molecule has 0 aromatic heterocycles. The first-order chi connectivity index (χ1) is 6.92. The minimum Gasteiger partial charge on any atom is -0.444 e. The molecule has 88 valence electrons. The van der Waals surface area contributed by atoms with E-state index in [2.05, 4.69) is 0 Å². The van der Waals surface area contributed by atoms with Crippen LogP contribution in [-0.4, -0.2) is 36.4 Å². The number of carbonyl (C=O) groups is 1. The van der Waals surface area contributed by atoms with Gasteiger partial charge in [0, 0.05) is 19.0 Å². The summed E-state index contributed by atoms with van der Waals surface area (Å²) in [5.74, 6) is -0.00808. The van der Waals surface area contributed by atoms with Gasteiger partial charge in [0.15, 0.2) is 0 Å². The number of amides is 1. The number of piperidine rings is 1. The first-order valence-corrected chi connectivity index (χ1v) is 5.46. The van der Waals surface area contributed by atoms with Crippen LogP contribution in [0.3, 0.4) is 0 Å². The van der Waals surface area contributed by atoms with E-state index in [4.69, 9.17) is 4.74 Å². The molecule has 1 aliphatic heterocycles. The predicted octanol–water partition coefficient (Wildman–Crippen LogP) is 2.60. The normalized spacial score (nSPS) is 22.7. The van der Waals surface area contributed by atoms with Crippen LogP contribution in [0.15, 0.2) is 0 Å². The second-order valence-corrected chi connectivity index (χ2v) is 5.09. The van der Waals surface area contributed by atoms with Gasteiger partial charge in [0.2, 0.25) is 0 Å². The third kappa shape index (κ3) is 4.06. The molecule has 4 heteroatoms. The molecule has 1 aliphatic rings. The number of halogens is 1. The van der Waals surface area contributed by atoms with Crippen molar-refractivity contribution in [2.24, 2.45) is 5.92 Å². The van der Waals surface area contributed by atoms with Crippen molar-refractivity contribution in [3.63, 3.8) is 0 Å². The van der Waals surface area contributed by atoms with Crippen molar-refractivity contribution in [3.05, 3.63) is 0 Å². The highest BCUT2D eigenvalue weighted by Crippen LogP contribution is 2.19. The number of nitrogens with zero attached hydrogens (tertiary/aromatic N) is 1. The van der Waals surface area contributed by atoms with Crippen LogP contribution in [0, 0.1) is 5.92 Å². The Kier molecular flexibility index (Phi) is 3.94. The monoisotopic (exact) mass is 217 g/mol. The smallest absolute Gasteiger partial charge is 0.410 e. The lowest BCUT2D eigenvalue weighted by Crippen LogP contribution is -2.43. The quantitative estimate of drug-likeness (QED) is 0.675. The predicted molar refractivity (Wildman–Crippen MR) is 56.5 cm³/mol. The summed E-state index contributed by atoms with van der Waals surface area (Å²) in [4.78, 5) is 13.3. The molecular weight excluding hydrogens is 197 g/mol. The van der Waals surface area contributed by atoms with Crippen LogP contribution in [0.5, 0.6) is 0 Å². The molecule has 0 radical (unpaired) electrons. The van der Waals surface area contributed by atoms with Crippen LogP contribution < -0.4 is 0 Å². The average Bonchev–Trinajstić information content (AvgIpc) is 2.15. The molecule has 0 saturated carbocycles. The lowest BCUT2D eigenvalue weighted by molar-refractivity contribution is 0.0154. The van der Waals surface area contributed by atoms with Crippen molar-refractivity contribution < 1.29 is 13.9 Å². The molecular formula is C11H20FNO2. The average molecular weight is 217 g/mol. The lowest BCUT2D eigenvalue weighted by Gasteiger charge is -2.33. The van der Waals surface area contributed by atoms with E-state index in [9.17, 15) is 9.18 Å². The van der Waals surface area contributed by atoms with Gasteiger partial charge < -0.3 is 9.64 Å². The van der Waals surface area contributed by atoms with E-state index < -0.39 is 5.60 Å². The van der Waals surface area contributed by atoms with Gasteiger partial charge in [-0.2, -0.15) is 0 Å². The zero-order chi connectivity index (χ0) is 11.5. The zero-order valence-electron chi connectivity index (χ0n) is 9.75. The highest BCUT2D eigenvalue weighted by atomic mass is 19.1. The van der Waals surface area contributed by atoms with E-state index in [1.54, 1.807) is 4.90 Å². The van der Waals surface area contributed by atoms with Gasteiger partial charge in [-0.1, -0.05) is 0 Å². The van der Waals surface area contributed by atoms with Gasteiger partial charge in [-0.05, 0) is 33.6 Å². The Balaban J connectivity index is 2.45. The molecule has 1 fully saturated rings. The zero-order valence-corrected chi connectivity index (χ0v) is 9.75. The van der Waals surface area contributed by atoms with Crippen LogP contribution in [0.25, 0.3) is 0 Å². The van der Waals surface area contributed by atoms with E-state index >= 15 is 0 Å². The summed E-state index contributed by atoms with van der Waals surface area (Å²) in [5, 5.41) is 0. The number of alkyl halides is 1. The summed E-state index contributed by atoms with van der Waals surface area (Å²) in [5.41, 5.74) is -0.472. The number of hydrogen-bond acceptors (Lipinski definition) is 2. The van der Waals surface area contributed by atoms with Gasteiger partial charge in [0.25, 0.3) is 0 Å². The van der Waals surface area contributed by atoms with Crippen LogP contribution in [0.1, 0.15) is 33.6 Å². The Labute approximate surface area is 90.6 Å². The summed E-state index contributed by atoms with van der Waals surface area (Å²) in [6.07, 6.45) is 1.42. The van der Waals surface area contributed by atoms with E-state index in [-0.39, 0.29) is 18.7 Å². The Morgan fingerprint density at radius 1 is 1.53 bits per heavy atom. The van der Waals surface area contributed by atoms with Gasteiger partial charge in [-0.3, -0.25) is 4.39 Å². The number of rotatable bonds is 1. The van der Waals surface area contributed by atoms with E-state index in [0.717, 1.165) is 12.8 Å². The van der Waals surface area contributed by atoms with Gasteiger partial charge in [-0.25, -0.2) is 4.79 Å². The van der Waals surface area contributed by atoms with Gasteiger partial charge in [-0.15, -0.1) is 0 Å². The Bertz CT molecular complexity index is 225. The molecule has 1 heterocycles. The molecule has 0 aliphatic carbocycles. The molecule has 0 aromatic carbocycles. The Morgan fingerprint density at radius 3 is 2.73 bits per heavy atom. The summed E-state index contributed by atoms with van der Waals surface area (Å²) in [6, 6.07) is 0. The summed E-state index contributed by atoms with van der Waals surface area (Å²) < 4.78 is 17.7. The molecule has 1 saturated heterocycles. The van der Waals surface area contributed by atoms with Gasteiger partial charge >= 0.3 is 6.09 Å². The van der Waals surface area contributed by atoms with Crippen molar-refractivity contribution in [2.45, 2.75) is 39.2 Å². The van der Waals surface area contributed by atoms with E-state index in [0.29, 0.717) is 13.1 Å². The summed E-state index contributed by atoms with van der Waals surface area (Å²) >= 11 is 0. The molecule has 3 nitrogen and oxygen atoms in total. The van der Waals surface area contributed by atoms with Crippen LogP contribution >= 0.6 is 0 Å². The standard InChI is InChI=1S/C11H20FNO2/c1-11(2,3)15-10(14)13-6-4-5-9(7-12)8-13/h9H,4-8H2,1-3H3/t9-/m1/s1. The Morgan fingerprint density at radius 2 is 2.20 bits per heavy atom. The van der Waals surface area contributed by atoms with E-state index in [1.165, 1.54) is 0 Å². The molecule has 1 amide bonds. The van der Waals surface area contributed by atoms with Gasteiger partial charge in [0.05, 0.1) is 6.67 Å². The first-order valence-electron chi connectivity index (χ1n) is 5.46. The fourth-order valence-corrected chi connectivity index (χ4v) is 1.68. The maximum atomic E-state index is 12.5. The molecule has 0 N–H and O–H groups in total. The SMILES string of the molecule is CC(C)(C)OC(=O)N1CCC[C@H](CF)C1. The lowest BCUT2D eigenvalue weighted by atomic mass is 10.00. The largest absolute Gasteiger partial charge is 0.444 e. The molecule has 0 unspecified atom stereocenters. The maximum absolute atomic E-state index is 12.5.